The number of aryl methyl sites for hydroxylation is 2. The molecule has 0 saturated carbocycles. The number of hydrogen-bond acceptors (Lipinski definition) is 4. The third kappa shape index (κ3) is 3.09. The van der Waals surface area contributed by atoms with Crippen LogP contribution in [-0.2, 0) is 13.6 Å². The first-order chi connectivity index (χ1) is 9.02. The van der Waals surface area contributed by atoms with Gasteiger partial charge in [0.15, 0.2) is 0 Å². The molecule has 5 nitrogen and oxygen atoms in total. The molecule has 0 spiro atoms. The van der Waals surface area contributed by atoms with Crippen LogP contribution < -0.4 is 5.32 Å². The van der Waals surface area contributed by atoms with Gasteiger partial charge in [0.2, 0.25) is 0 Å². The van der Waals surface area contributed by atoms with E-state index in [0.29, 0.717) is 6.04 Å². The molecule has 0 amide bonds. The van der Waals surface area contributed by atoms with Crippen LogP contribution in [0.2, 0.25) is 0 Å². The molecule has 0 aromatic carbocycles. The van der Waals surface area contributed by atoms with Crippen molar-refractivity contribution in [3.63, 3.8) is 0 Å². The van der Waals surface area contributed by atoms with Crippen molar-refractivity contribution in [3.8, 4) is 0 Å². The predicted octanol–water partition coefficient (Wildman–Crippen LogP) is 1.30. The molecule has 1 atom stereocenters. The van der Waals surface area contributed by atoms with Gasteiger partial charge in [0.25, 0.3) is 0 Å². The first kappa shape index (κ1) is 14.3. The molecule has 0 aliphatic carbocycles. The third-order valence-corrected chi connectivity index (χ3v) is 4.05. The lowest BCUT2D eigenvalue weighted by Gasteiger charge is -2.20. The summed E-state index contributed by atoms with van der Waals surface area (Å²) in [6, 6.07) is 0.694. The molecular weight excluding hydrogens is 238 g/mol. The van der Waals surface area contributed by atoms with Crippen LogP contribution in [0.5, 0.6) is 0 Å². The van der Waals surface area contributed by atoms with E-state index < -0.39 is 0 Å². The van der Waals surface area contributed by atoms with Gasteiger partial charge in [0, 0.05) is 44.8 Å². The molecule has 1 unspecified atom stereocenters. The Morgan fingerprint density at radius 2 is 2.16 bits per heavy atom. The van der Waals surface area contributed by atoms with E-state index in [1.54, 1.807) is 0 Å². The molecule has 1 saturated heterocycles. The van der Waals surface area contributed by atoms with E-state index in [4.69, 9.17) is 0 Å². The van der Waals surface area contributed by atoms with Gasteiger partial charge in [-0.15, -0.1) is 0 Å². The van der Waals surface area contributed by atoms with Crippen LogP contribution in [-0.4, -0.2) is 59.4 Å². The van der Waals surface area contributed by atoms with Crippen molar-refractivity contribution < 1.29 is 0 Å². The van der Waals surface area contributed by atoms with Gasteiger partial charge in [0.1, 0.15) is 5.82 Å². The summed E-state index contributed by atoms with van der Waals surface area (Å²) in [4.78, 5) is 4.87. The lowest BCUT2D eigenvalue weighted by molar-refractivity contribution is 0.264. The lowest BCUT2D eigenvalue weighted by atomic mass is 10.2. The minimum absolute atomic E-state index is 0.694. The highest BCUT2D eigenvalue weighted by Gasteiger charge is 2.25. The standard InChI is InChI=1S/C14H27N5/c1-6-15-14-13(11(2)16-18(14)5)10-19-8-7-12(9-19)17(3)4/h12,15H,6-10H2,1-5H3. The fourth-order valence-corrected chi connectivity index (χ4v) is 2.88. The summed E-state index contributed by atoms with van der Waals surface area (Å²) in [6.45, 7) is 8.52. The highest BCUT2D eigenvalue weighted by atomic mass is 15.3. The van der Waals surface area contributed by atoms with Crippen molar-refractivity contribution in [2.24, 2.45) is 7.05 Å². The summed E-state index contributed by atoms with van der Waals surface area (Å²) in [6.07, 6.45) is 1.27. The fourth-order valence-electron chi connectivity index (χ4n) is 2.88. The highest BCUT2D eigenvalue weighted by Crippen LogP contribution is 2.23. The molecule has 0 bridgehead atoms. The number of likely N-dealkylation sites (N-methyl/N-ethyl adjacent to an activating group) is 1. The highest BCUT2D eigenvalue weighted by molar-refractivity contribution is 5.47. The summed E-state index contributed by atoms with van der Waals surface area (Å²) >= 11 is 0. The van der Waals surface area contributed by atoms with Gasteiger partial charge in [-0.05, 0) is 34.4 Å². The Balaban J connectivity index is 2.07. The van der Waals surface area contributed by atoms with Crippen LogP contribution in [0.1, 0.15) is 24.6 Å². The van der Waals surface area contributed by atoms with E-state index in [9.17, 15) is 0 Å². The second-order valence-corrected chi connectivity index (χ2v) is 5.71. The van der Waals surface area contributed by atoms with Crippen LogP contribution in [0, 0.1) is 6.92 Å². The van der Waals surface area contributed by atoms with Crippen LogP contribution in [0.3, 0.4) is 0 Å². The van der Waals surface area contributed by atoms with Crippen molar-refractivity contribution in [2.45, 2.75) is 32.9 Å². The lowest BCUT2D eigenvalue weighted by Crippen LogP contribution is -2.31. The number of aromatic nitrogens is 2. The van der Waals surface area contributed by atoms with Crippen molar-refractivity contribution >= 4 is 5.82 Å². The van der Waals surface area contributed by atoms with Crippen molar-refractivity contribution in [2.75, 3.05) is 39.0 Å². The molecule has 5 heteroatoms. The van der Waals surface area contributed by atoms with Crippen LogP contribution in [0.4, 0.5) is 5.82 Å². The zero-order valence-electron chi connectivity index (χ0n) is 12.9. The maximum absolute atomic E-state index is 4.54. The summed E-state index contributed by atoms with van der Waals surface area (Å²) in [5.74, 6) is 1.17. The molecule has 2 rings (SSSR count). The maximum Gasteiger partial charge on any atom is 0.128 e. The smallest absolute Gasteiger partial charge is 0.128 e. The average molecular weight is 265 g/mol. The van der Waals surface area contributed by atoms with E-state index in [1.807, 2.05) is 11.7 Å². The molecule has 1 N–H and O–H groups in total. The normalized spacial score (nSPS) is 20.4. The molecule has 108 valence electrons. The van der Waals surface area contributed by atoms with Crippen LogP contribution >= 0.6 is 0 Å². The summed E-state index contributed by atoms with van der Waals surface area (Å²) in [7, 11) is 6.36. The summed E-state index contributed by atoms with van der Waals surface area (Å²) in [5.41, 5.74) is 2.50. The Bertz CT molecular complexity index is 424. The topological polar surface area (TPSA) is 36.3 Å². The Labute approximate surface area is 116 Å². The molecule has 1 fully saturated rings. The third-order valence-electron chi connectivity index (χ3n) is 4.05. The van der Waals surface area contributed by atoms with Crippen molar-refractivity contribution in [1.29, 1.82) is 0 Å². The molecule has 1 aromatic rings. The average Bonchev–Trinajstić information content (AvgIpc) is 2.90. The maximum atomic E-state index is 4.54. The van der Waals surface area contributed by atoms with Gasteiger partial charge in [-0.25, -0.2) is 0 Å². The SMILES string of the molecule is CCNc1c(CN2CCC(N(C)C)C2)c(C)nn1C. The summed E-state index contributed by atoms with van der Waals surface area (Å²) < 4.78 is 1.97. The van der Waals surface area contributed by atoms with Gasteiger partial charge in [-0.2, -0.15) is 5.10 Å². The molecule has 1 aliphatic rings. The Kier molecular flexibility index (Phi) is 4.47. The minimum Gasteiger partial charge on any atom is -0.370 e. The zero-order chi connectivity index (χ0) is 14.0. The van der Waals surface area contributed by atoms with Gasteiger partial charge >= 0.3 is 0 Å². The molecular formula is C14H27N5. The van der Waals surface area contributed by atoms with E-state index >= 15 is 0 Å². The van der Waals surface area contributed by atoms with Gasteiger partial charge < -0.3 is 10.2 Å². The number of likely N-dealkylation sites (tertiary alicyclic amines) is 1. The molecule has 2 heterocycles. The summed E-state index contributed by atoms with van der Waals surface area (Å²) in [5, 5.41) is 7.98. The number of rotatable bonds is 5. The molecule has 19 heavy (non-hydrogen) atoms. The van der Waals surface area contributed by atoms with Crippen LogP contribution in [0.15, 0.2) is 0 Å². The molecule has 1 aliphatic heterocycles. The predicted molar refractivity (Wildman–Crippen MR) is 79.5 cm³/mol. The first-order valence-electron chi connectivity index (χ1n) is 7.18. The van der Waals surface area contributed by atoms with E-state index in [-0.39, 0.29) is 0 Å². The van der Waals surface area contributed by atoms with Gasteiger partial charge in [0.05, 0.1) is 5.69 Å². The Morgan fingerprint density at radius 1 is 1.42 bits per heavy atom. The van der Waals surface area contributed by atoms with Crippen LogP contribution in [0.25, 0.3) is 0 Å². The fraction of sp³-hybridized carbons (Fsp3) is 0.786. The monoisotopic (exact) mass is 265 g/mol. The second-order valence-electron chi connectivity index (χ2n) is 5.71. The van der Waals surface area contributed by atoms with Gasteiger partial charge in [-0.1, -0.05) is 0 Å². The Morgan fingerprint density at radius 3 is 2.74 bits per heavy atom. The van der Waals surface area contributed by atoms with Crippen molar-refractivity contribution in [1.82, 2.24) is 19.6 Å². The van der Waals surface area contributed by atoms with Crippen molar-refractivity contribution in [3.05, 3.63) is 11.3 Å². The molecule has 1 aromatic heterocycles. The largest absolute Gasteiger partial charge is 0.370 e. The number of nitrogens with one attached hydrogen (secondary N) is 1. The Hall–Kier alpha value is -1.07. The first-order valence-corrected chi connectivity index (χ1v) is 7.18. The van der Waals surface area contributed by atoms with E-state index in [0.717, 1.165) is 25.3 Å². The van der Waals surface area contributed by atoms with E-state index in [2.05, 4.69) is 48.2 Å². The molecule has 0 radical (unpaired) electrons. The minimum atomic E-state index is 0.694. The zero-order valence-corrected chi connectivity index (χ0v) is 12.9. The number of anilines is 1. The quantitative estimate of drug-likeness (QED) is 0.870. The number of nitrogens with zero attached hydrogens (tertiary/aromatic N) is 4. The second kappa shape index (κ2) is 5.92. The number of hydrogen-bond donors (Lipinski definition) is 1. The van der Waals surface area contributed by atoms with E-state index in [1.165, 1.54) is 24.3 Å². The van der Waals surface area contributed by atoms with Gasteiger partial charge in [-0.3, -0.25) is 9.58 Å².